The zero-order valence-corrected chi connectivity index (χ0v) is 15.0. The summed E-state index contributed by atoms with van der Waals surface area (Å²) in [5.74, 6) is 0. The number of hydrogen-bond acceptors (Lipinski definition) is 3. The van der Waals surface area contributed by atoms with E-state index >= 15 is 0 Å². The molecule has 114 valence electrons. The molecule has 1 rings (SSSR count). The molecule has 0 saturated carbocycles. The Balaban J connectivity index is 2.71. The van der Waals surface area contributed by atoms with Gasteiger partial charge in [0.05, 0.1) is 16.3 Å². The summed E-state index contributed by atoms with van der Waals surface area (Å²) < 4.78 is 0. The van der Waals surface area contributed by atoms with E-state index in [1.165, 1.54) is 12.8 Å². The Morgan fingerprint density at radius 1 is 1.15 bits per heavy atom. The van der Waals surface area contributed by atoms with E-state index in [1.54, 1.807) is 0 Å². The molecule has 3 heteroatoms. The van der Waals surface area contributed by atoms with Gasteiger partial charge in [-0.05, 0) is 39.0 Å². The van der Waals surface area contributed by atoms with Crippen molar-refractivity contribution in [2.45, 2.75) is 59.9 Å². The Kier molecular flexibility index (Phi) is 5.07. The lowest BCUT2D eigenvalue weighted by atomic mass is 9.89. The fourth-order valence-corrected chi connectivity index (χ4v) is 2.64. The van der Waals surface area contributed by atoms with Crippen molar-refractivity contribution in [3.63, 3.8) is 0 Å². The molecule has 0 aromatic rings. The maximum Gasteiger partial charge on any atom is 0.0796 e. The van der Waals surface area contributed by atoms with Crippen LogP contribution in [-0.2, 0) is 0 Å². The van der Waals surface area contributed by atoms with Crippen LogP contribution in [0.1, 0.15) is 54.4 Å². The molecular weight excluding hydrogens is 264 g/mol. The van der Waals surface area contributed by atoms with Crippen LogP contribution in [0.5, 0.6) is 0 Å². The zero-order valence-electron chi connectivity index (χ0n) is 14.2. The number of hydrogen-bond donors (Lipinski definition) is 1. The van der Waals surface area contributed by atoms with E-state index < -0.39 is 0 Å². The Bertz CT molecular complexity index is 433. The van der Waals surface area contributed by atoms with Crippen molar-refractivity contribution in [2.75, 3.05) is 13.6 Å². The highest BCUT2D eigenvalue weighted by atomic mass is 32.1. The average molecular weight is 295 g/mol. The highest BCUT2D eigenvalue weighted by Gasteiger charge is 2.32. The molecule has 1 aliphatic rings. The summed E-state index contributed by atoms with van der Waals surface area (Å²) in [6.07, 6.45) is 2.40. The number of rotatable bonds is 5. The summed E-state index contributed by atoms with van der Waals surface area (Å²) in [5.41, 5.74) is 3.69. The van der Waals surface area contributed by atoms with Crippen LogP contribution in [0.25, 0.3) is 0 Å². The van der Waals surface area contributed by atoms with E-state index in [0.717, 1.165) is 28.4 Å². The summed E-state index contributed by atoms with van der Waals surface area (Å²) >= 11 is 5.46. The molecule has 0 aromatic carbocycles. The Morgan fingerprint density at radius 3 is 2.15 bits per heavy atom. The van der Waals surface area contributed by atoms with Gasteiger partial charge in [-0.2, -0.15) is 0 Å². The first-order chi connectivity index (χ1) is 8.92. The molecular formula is C17H30N2S. The van der Waals surface area contributed by atoms with E-state index in [-0.39, 0.29) is 5.54 Å². The molecule has 0 aromatic heterocycles. The topological polar surface area (TPSA) is 15.3 Å². The summed E-state index contributed by atoms with van der Waals surface area (Å²) in [6.45, 7) is 18.4. The van der Waals surface area contributed by atoms with Gasteiger partial charge in [-0.15, -0.1) is 0 Å². The number of nitrogens with zero attached hydrogens (tertiary/aromatic N) is 1. The molecule has 0 radical (unpaired) electrons. The van der Waals surface area contributed by atoms with Gasteiger partial charge in [0.15, 0.2) is 0 Å². The summed E-state index contributed by atoms with van der Waals surface area (Å²) in [4.78, 5) is 3.19. The number of nitrogens with one attached hydrogen (secondary N) is 1. The highest BCUT2D eigenvalue weighted by molar-refractivity contribution is 7.81. The molecule has 0 amide bonds. The van der Waals surface area contributed by atoms with Gasteiger partial charge in [0, 0.05) is 24.7 Å². The monoisotopic (exact) mass is 294 g/mol. The third-order valence-electron chi connectivity index (χ3n) is 3.33. The molecule has 0 atom stereocenters. The predicted molar refractivity (Wildman–Crippen MR) is 93.0 cm³/mol. The fourth-order valence-electron chi connectivity index (χ4n) is 2.28. The van der Waals surface area contributed by atoms with Crippen molar-refractivity contribution in [3.05, 3.63) is 23.5 Å². The minimum absolute atomic E-state index is 0.0335. The van der Waals surface area contributed by atoms with E-state index in [9.17, 15) is 0 Å². The van der Waals surface area contributed by atoms with Gasteiger partial charge in [-0.25, -0.2) is 0 Å². The van der Waals surface area contributed by atoms with Crippen LogP contribution in [-0.4, -0.2) is 28.9 Å². The first-order valence-corrected chi connectivity index (χ1v) is 7.81. The average Bonchev–Trinajstić information content (AvgIpc) is 2.24. The van der Waals surface area contributed by atoms with Crippen molar-refractivity contribution in [1.29, 1.82) is 0 Å². The van der Waals surface area contributed by atoms with Crippen molar-refractivity contribution in [1.82, 2.24) is 10.2 Å². The lowest BCUT2D eigenvalue weighted by Crippen LogP contribution is -2.45. The Morgan fingerprint density at radius 2 is 1.70 bits per heavy atom. The van der Waals surface area contributed by atoms with Gasteiger partial charge in [0.2, 0.25) is 0 Å². The van der Waals surface area contributed by atoms with Crippen LogP contribution >= 0.6 is 12.2 Å². The van der Waals surface area contributed by atoms with Crippen molar-refractivity contribution >= 4 is 17.1 Å². The van der Waals surface area contributed by atoms with Gasteiger partial charge in [0.1, 0.15) is 0 Å². The van der Waals surface area contributed by atoms with Crippen LogP contribution in [0.4, 0.5) is 0 Å². The Labute approximate surface area is 130 Å². The first kappa shape index (κ1) is 17.2. The summed E-state index contributed by atoms with van der Waals surface area (Å²) in [7, 11) is 2.13. The molecule has 0 saturated heterocycles. The van der Waals surface area contributed by atoms with Gasteiger partial charge < -0.3 is 10.2 Å². The van der Waals surface area contributed by atoms with E-state index in [0.29, 0.717) is 5.41 Å². The largest absolute Gasteiger partial charge is 0.378 e. The second-order valence-corrected chi connectivity index (χ2v) is 8.40. The maximum atomic E-state index is 5.46. The summed E-state index contributed by atoms with van der Waals surface area (Å²) in [6, 6.07) is 0. The molecule has 2 nitrogen and oxygen atoms in total. The second-order valence-electron chi connectivity index (χ2n) is 7.99. The minimum Gasteiger partial charge on any atom is -0.378 e. The molecule has 1 aliphatic carbocycles. The van der Waals surface area contributed by atoms with Crippen LogP contribution in [0.2, 0.25) is 0 Å². The molecule has 1 N–H and O–H groups in total. The number of thiocarbonyl (C=S) groups is 1. The van der Waals surface area contributed by atoms with Gasteiger partial charge >= 0.3 is 0 Å². The van der Waals surface area contributed by atoms with Crippen LogP contribution in [0.15, 0.2) is 23.5 Å². The molecule has 0 spiro atoms. The number of allylic oxidation sites excluding steroid dienone is 2. The van der Waals surface area contributed by atoms with Crippen LogP contribution in [0, 0.1) is 5.41 Å². The van der Waals surface area contributed by atoms with Gasteiger partial charge in [0.25, 0.3) is 0 Å². The quantitative estimate of drug-likeness (QED) is 0.602. The standard InChI is InChI=1S/C17H30N2S/c1-12-13(18-17(5,6)7)14(15(12)20)19(8)11-9-10-16(2,3)4/h18H,1,9-11H2,2-8H3. The highest BCUT2D eigenvalue weighted by Crippen LogP contribution is 2.32. The SMILES string of the molecule is C=C1C(=S)C(N(C)CCCC(C)(C)C)=C1NC(C)(C)C. The molecule has 0 fully saturated rings. The lowest BCUT2D eigenvalue weighted by Gasteiger charge is -2.38. The minimum atomic E-state index is 0.0335. The molecule has 0 unspecified atom stereocenters. The fraction of sp³-hybridized carbons (Fsp3) is 0.706. The second kappa shape index (κ2) is 5.88. The normalized spacial score (nSPS) is 16.4. The summed E-state index contributed by atoms with van der Waals surface area (Å²) in [5, 5.41) is 3.52. The molecule has 20 heavy (non-hydrogen) atoms. The van der Waals surface area contributed by atoms with Crippen molar-refractivity contribution in [2.24, 2.45) is 5.41 Å². The molecule has 0 heterocycles. The molecule has 0 bridgehead atoms. The maximum absolute atomic E-state index is 5.46. The predicted octanol–water partition coefficient (Wildman–Crippen LogP) is 4.28. The first-order valence-electron chi connectivity index (χ1n) is 7.40. The zero-order chi connectivity index (χ0) is 15.7. The van der Waals surface area contributed by atoms with Gasteiger partial charge in [-0.1, -0.05) is 39.6 Å². The third kappa shape index (κ3) is 4.62. The van der Waals surface area contributed by atoms with E-state index in [1.807, 2.05) is 0 Å². The van der Waals surface area contributed by atoms with Crippen molar-refractivity contribution in [3.8, 4) is 0 Å². The van der Waals surface area contributed by atoms with E-state index in [4.69, 9.17) is 12.2 Å². The van der Waals surface area contributed by atoms with Crippen LogP contribution < -0.4 is 5.32 Å². The molecule has 0 aliphatic heterocycles. The third-order valence-corrected chi connectivity index (χ3v) is 3.77. The lowest BCUT2D eigenvalue weighted by molar-refractivity contribution is 0.324. The van der Waals surface area contributed by atoms with E-state index in [2.05, 4.69) is 65.4 Å². The van der Waals surface area contributed by atoms with Crippen molar-refractivity contribution < 1.29 is 0 Å². The smallest absolute Gasteiger partial charge is 0.0796 e. The Hall–Kier alpha value is -0.830. The van der Waals surface area contributed by atoms with Gasteiger partial charge in [-0.3, -0.25) is 0 Å². The van der Waals surface area contributed by atoms with Crippen LogP contribution in [0.3, 0.4) is 0 Å².